The lowest BCUT2D eigenvalue weighted by Crippen LogP contribution is -2.28. The molecule has 0 unspecified atom stereocenters. The highest BCUT2D eigenvalue weighted by molar-refractivity contribution is 7.09. The second-order valence-corrected chi connectivity index (χ2v) is 10.8. The van der Waals surface area contributed by atoms with Crippen molar-refractivity contribution < 1.29 is 5.11 Å². The molecule has 1 aliphatic rings. The first-order chi connectivity index (χ1) is 12.6. The Morgan fingerprint density at radius 2 is 1.52 bits per heavy atom. The van der Waals surface area contributed by atoms with Crippen molar-refractivity contribution >= 4 is 11.3 Å². The van der Waals surface area contributed by atoms with Crippen LogP contribution in [0.4, 0.5) is 0 Å². The lowest BCUT2D eigenvalue weighted by molar-refractivity contribution is 0.220. The van der Waals surface area contributed by atoms with Crippen molar-refractivity contribution in [1.82, 2.24) is 9.88 Å². The molecule has 4 heteroatoms. The number of aromatic hydroxyl groups is 1. The Bertz CT molecular complexity index is 754. The monoisotopic (exact) mass is 386 g/mol. The summed E-state index contributed by atoms with van der Waals surface area (Å²) in [6.07, 6.45) is 3.97. The molecule has 0 spiro atoms. The van der Waals surface area contributed by atoms with E-state index in [4.69, 9.17) is 4.98 Å². The molecule has 1 aromatic carbocycles. The Kier molecular flexibility index (Phi) is 5.69. The van der Waals surface area contributed by atoms with Crippen molar-refractivity contribution in [2.45, 2.75) is 78.2 Å². The van der Waals surface area contributed by atoms with Crippen molar-refractivity contribution in [3.8, 4) is 17.0 Å². The SMILES string of the molecule is CC(C)(C)c1cc(-c2csc(CN3CCCCC3)n2)cc(C(C)(C)C)c1O. The highest BCUT2D eigenvalue weighted by atomic mass is 32.1. The van der Waals surface area contributed by atoms with Crippen LogP contribution < -0.4 is 0 Å². The zero-order valence-electron chi connectivity index (χ0n) is 17.7. The van der Waals surface area contributed by atoms with E-state index < -0.39 is 0 Å². The number of piperidine rings is 1. The van der Waals surface area contributed by atoms with Crippen molar-refractivity contribution in [1.29, 1.82) is 0 Å². The number of hydrogen-bond donors (Lipinski definition) is 1. The van der Waals surface area contributed by atoms with E-state index in [-0.39, 0.29) is 10.8 Å². The third kappa shape index (κ3) is 4.72. The predicted molar refractivity (Wildman–Crippen MR) is 116 cm³/mol. The van der Waals surface area contributed by atoms with E-state index in [0.717, 1.165) is 28.9 Å². The van der Waals surface area contributed by atoms with Crippen LogP contribution in [0, 0.1) is 0 Å². The Hall–Kier alpha value is -1.39. The molecule has 1 fully saturated rings. The first kappa shape index (κ1) is 20.3. The number of thiazole rings is 1. The second-order valence-electron chi connectivity index (χ2n) is 9.88. The number of rotatable bonds is 3. The Labute approximate surface area is 168 Å². The lowest BCUT2D eigenvalue weighted by Gasteiger charge is -2.28. The Morgan fingerprint density at radius 1 is 0.963 bits per heavy atom. The van der Waals surface area contributed by atoms with E-state index in [1.165, 1.54) is 37.4 Å². The van der Waals surface area contributed by atoms with Gasteiger partial charge < -0.3 is 5.11 Å². The van der Waals surface area contributed by atoms with Gasteiger partial charge in [0.05, 0.1) is 12.2 Å². The molecule has 3 rings (SSSR count). The summed E-state index contributed by atoms with van der Waals surface area (Å²) in [5.41, 5.74) is 3.90. The molecule has 1 aliphatic heterocycles. The molecule has 2 heterocycles. The highest BCUT2D eigenvalue weighted by Crippen LogP contribution is 2.42. The van der Waals surface area contributed by atoms with Gasteiger partial charge in [-0.05, 0) is 48.9 Å². The first-order valence-corrected chi connectivity index (χ1v) is 11.0. The number of nitrogens with zero attached hydrogens (tertiary/aromatic N) is 2. The molecule has 0 radical (unpaired) electrons. The number of aromatic nitrogens is 1. The summed E-state index contributed by atoms with van der Waals surface area (Å²) in [5, 5.41) is 14.3. The van der Waals surface area contributed by atoms with Crippen LogP contribution in [0.2, 0.25) is 0 Å². The molecule has 2 aromatic rings. The molecule has 148 valence electrons. The molecule has 27 heavy (non-hydrogen) atoms. The topological polar surface area (TPSA) is 36.4 Å². The minimum absolute atomic E-state index is 0.118. The molecule has 0 bridgehead atoms. The molecular formula is C23H34N2OS. The lowest BCUT2D eigenvalue weighted by atomic mass is 9.78. The zero-order chi connectivity index (χ0) is 19.8. The maximum atomic E-state index is 10.9. The van der Waals surface area contributed by atoms with Crippen LogP contribution in [0.5, 0.6) is 5.75 Å². The van der Waals surface area contributed by atoms with E-state index in [1.807, 2.05) is 0 Å². The van der Waals surface area contributed by atoms with E-state index in [0.29, 0.717) is 5.75 Å². The largest absolute Gasteiger partial charge is 0.507 e. The van der Waals surface area contributed by atoms with Crippen LogP contribution in [-0.4, -0.2) is 28.1 Å². The molecule has 1 N–H and O–H groups in total. The Balaban J connectivity index is 1.96. The maximum absolute atomic E-state index is 10.9. The van der Waals surface area contributed by atoms with Gasteiger partial charge in [0.15, 0.2) is 0 Å². The highest BCUT2D eigenvalue weighted by Gasteiger charge is 2.27. The molecular weight excluding hydrogens is 352 g/mol. The summed E-state index contributed by atoms with van der Waals surface area (Å²) in [5.74, 6) is 0.433. The molecule has 1 aromatic heterocycles. The van der Waals surface area contributed by atoms with Crippen LogP contribution >= 0.6 is 11.3 Å². The molecule has 0 saturated carbocycles. The summed E-state index contributed by atoms with van der Waals surface area (Å²) >= 11 is 1.75. The second kappa shape index (κ2) is 7.56. The maximum Gasteiger partial charge on any atom is 0.123 e. The minimum Gasteiger partial charge on any atom is -0.507 e. The Morgan fingerprint density at radius 3 is 2.04 bits per heavy atom. The molecule has 3 nitrogen and oxygen atoms in total. The van der Waals surface area contributed by atoms with Crippen molar-refractivity contribution in [3.05, 3.63) is 33.6 Å². The number of likely N-dealkylation sites (tertiary alicyclic amines) is 1. The normalized spacial score (nSPS) is 16.7. The van der Waals surface area contributed by atoms with Gasteiger partial charge in [-0.1, -0.05) is 48.0 Å². The summed E-state index contributed by atoms with van der Waals surface area (Å²) in [7, 11) is 0. The summed E-state index contributed by atoms with van der Waals surface area (Å²) < 4.78 is 0. The van der Waals surface area contributed by atoms with Gasteiger partial charge in [0.1, 0.15) is 10.8 Å². The fraction of sp³-hybridized carbons (Fsp3) is 0.609. The van der Waals surface area contributed by atoms with E-state index in [2.05, 4.69) is 64.0 Å². The van der Waals surface area contributed by atoms with E-state index in [9.17, 15) is 5.11 Å². The number of phenols is 1. The van der Waals surface area contributed by atoms with Gasteiger partial charge in [-0.25, -0.2) is 4.98 Å². The van der Waals surface area contributed by atoms with Gasteiger partial charge in [-0.2, -0.15) is 0 Å². The number of phenolic OH excluding ortho intramolecular Hbond substituents is 1. The molecule has 1 saturated heterocycles. The molecule has 0 atom stereocenters. The first-order valence-electron chi connectivity index (χ1n) is 10.1. The van der Waals surface area contributed by atoms with Crippen LogP contribution in [0.15, 0.2) is 17.5 Å². The van der Waals surface area contributed by atoms with Gasteiger partial charge >= 0.3 is 0 Å². The van der Waals surface area contributed by atoms with Crippen molar-refractivity contribution in [2.24, 2.45) is 0 Å². The van der Waals surface area contributed by atoms with E-state index >= 15 is 0 Å². The third-order valence-corrected chi connectivity index (χ3v) is 6.21. The summed E-state index contributed by atoms with van der Waals surface area (Å²) in [6, 6.07) is 4.26. The van der Waals surface area contributed by atoms with Crippen LogP contribution in [0.3, 0.4) is 0 Å². The predicted octanol–water partition coefficient (Wildman–Crippen LogP) is 6.10. The molecule has 0 aliphatic carbocycles. The van der Waals surface area contributed by atoms with Gasteiger partial charge in [0, 0.05) is 22.1 Å². The van der Waals surface area contributed by atoms with Gasteiger partial charge in [-0.15, -0.1) is 11.3 Å². The van der Waals surface area contributed by atoms with E-state index in [1.54, 1.807) is 11.3 Å². The fourth-order valence-electron chi connectivity index (χ4n) is 3.75. The average Bonchev–Trinajstić information content (AvgIpc) is 3.02. The van der Waals surface area contributed by atoms with Crippen LogP contribution in [-0.2, 0) is 17.4 Å². The average molecular weight is 387 g/mol. The van der Waals surface area contributed by atoms with Gasteiger partial charge in [-0.3, -0.25) is 4.90 Å². The number of benzene rings is 1. The van der Waals surface area contributed by atoms with Crippen molar-refractivity contribution in [3.63, 3.8) is 0 Å². The molecule has 0 amide bonds. The third-order valence-electron chi connectivity index (χ3n) is 5.38. The minimum atomic E-state index is -0.118. The fourth-order valence-corrected chi connectivity index (χ4v) is 4.60. The van der Waals surface area contributed by atoms with Gasteiger partial charge in [0.2, 0.25) is 0 Å². The smallest absolute Gasteiger partial charge is 0.123 e. The number of hydrogen-bond acceptors (Lipinski definition) is 4. The summed E-state index contributed by atoms with van der Waals surface area (Å²) in [6.45, 7) is 16.3. The van der Waals surface area contributed by atoms with Crippen LogP contribution in [0.25, 0.3) is 11.3 Å². The zero-order valence-corrected chi connectivity index (χ0v) is 18.5. The van der Waals surface area contributed by atoms with Crippen molar-refractivity contribution in [2.75, 3.05) is 13.1 Å². The standard InChI is InChI=1S/C23H34N2OS/c1-22(2,3)17-12-16(13-18(21(17)26)23(4,5)6)19-15-27-20(24-19)14-25-10-8-7-9-11-25/h12-13,15,26H,7-11,14H2,1-6H3. The van der Waals surface area contributed by atoms with Gasteiger partial charge in [0.25, 0.3) is 0 Å². The van der Waals surface area contributed by atoms with Crippen LogP contribution in [0.1, 0.15) is 76.9 Å². The summed E-state index contributed by atoms with van der Waals surface area (Å²) in [4.78, 5) is 7.46. The quantitative estimate of drug-likeness (QED) is 0.693.